The van der Waals surface area contributed by atoms with Gasteiger partial charge in [0.15, 0.2) is 0 Å². The molecule has 2 rings (SSSR count). The third kappa shape index (κ3) is 2.65. The van der Waals surface area contributed by atoms with E-state index in [4.69, 9.17) is 0 Å². The van der Waals surface area contributed by atoms with Crippen LogP contribution in [0, 0.1) is 0 Å². The molecule has 0 saturated carbocycles. The number of nitrogens with zero attached hydrogens (tertiary/aromatic N) is 1. The van der Waals surface area contributed by atoms with E-state index in [1.54, 1.807) is 0 Å². The summed E-state index contributed by atoms with van der Waals surface area (Å²) in [4.78, 5) is 5.55. The number of benzene rings is 2. The molecule has 0 atom stereocenters. The third-order valence-corrected chi connectivity index (χ3v) is 2.93. The molecule has 18 heavy (non-hydrogen) atoms. The van der Waals surface area contributed by atoms with E-state index in [1.807, 2.05) is 20.8 Å². The summed E-state index contributed by atoms with van der Waals surface area (Å²) in [6, 6.07) is 14.6. The molecule has 0 aliphatic heterocycles. The molecule has 0 aromatic heterocycles. The first-order chi connectivity index (χ1) is 8.59. The summed E-state index contributed by atoms with van der Waals surface area (Å²) in [5.41, 5.74) is 3.13. The Bertz CT molecular complexity index is 625. The van der Waals surface area contributed by atoms with Gasteiger partial charge < -0.3 is 0 Å². The van der Waals surface area contributed by atoms with Crippen molar-refractivity contribution in [3.8, 4) is 0 Å². The molecule has 2 heteroatoms. The second-order valence-electron chi connectivity index (χ2n) is 4.52. The average molecular weight is 255 g/mol. The number of hydrogen-bond acceptors (Lipinski definition) is 2. The van der Waals surface area contributed by atoms with Gasteiger partial charge in [-0.1, -0.05) is 42.5 Å². The molecular weight excluding hydrogens is 238 g/mol. The van der Waals surface area contributed by atoms with E-state index in [2.05, 4.69) is 60.1 Å². The Kier molecular flexibility index (Phi) is 3.87. The van der Waals surface area contributed by atoms with E-state index in [0.29, 0.717) is 0 Å². The first-order valence-corrected chi connectivity index (χ1v) is 6.44. The van der Waals surface area contributed by atoms with Gasteiger partial charge in [-0.3, -0.25) is 4.99 Å². The minimum atomic E-state index is 0.938. The predicted octanol–water partition coefficient (Wildman–Crippen LogP) is 4.94. The summed E-state index contributed by atoms with van der Waals surface area (Å²) in [6.07, 6.45) is 0. The Morgan fingerprint density at radius 2 is 1.61 bits per heavy atom. The number of thiol groups is 1. The lowest BCUT2D eigenvalue weighted by Crippen LogP contribution is -1.90. The highest BCUT2D eigenvalue weighted by molar-refractivity contribution is 7.84. The van der Waals surface area contributed by atoms with Crippen molar-refractivity contribution in [3.05, 3.63) is 52.9 Å². The molecule has 0 heterocycles. The maximum atomic E-state index is 4.62. The summed E-state index contributed by atoms with van der Waals surface area (Å²) in [7, 11) is 0. The highest BCUT2D eigenvalue weighted by atomic mass is 32.1. The van der Waals surface area contributed by atoms with Crippen molar-refractivity contribution in [3.63, 3.8) is 0 Å². The van der Waals surface area contributed by atoms with E-state index in [9.17, 15) is 0 Å². The van der Waals surface area contributed by atoms with Crippen LogP contribution in [0.5, 0.6) is 0 Å². The summed E-state index contributed by atoms with van der Waals surface area (Å²) >= 11 is 4.48. The first-order valence-electron chi connectivity index (χ1n) is 5.99. The van der Waals surface area contributed by atoms with Gasteiger partial charge in [-0.25, -0.2) is 0 Å². The van der Waals surface area contributed by atoms with Crippen LogP contribution >= 0.6 is 12.6 Å². The number of rotatable bonds is 2. The SMILES string of the molecule is CC(C)=N/C(=C(/C)S)c1cccc2ccccc12. The predicted molar refractivity (Wildman–Crippen MR) is 84.3 cm³/mol. The Morgan fingerprint density at radius 3 is 2.28 bits per heavy atom. The second kappa shape index (κ2) is 5.40. The molecule has 2 aromatic carbocycles. The maximum absolute atomic E-state index is 4.62. The quantitative estimate of drug-likeness (QED) is 0.576. The molecule has 0 fully saturated rings. The van der Waals surface area contributed by atoms with Gasteiger partial charge in [0.2, 0.25) is 0 Å². The Labute approximate surface area is 114 Å². The summed E-state index contributed by atoms with van der Waals surface area (Å²) < 4.78 is 0. The van der Waals surface area contributed by atoms with Crippen molar-refractivity contribution in [2.45, 2.75) is 20.8 Å². The van der Waals surface area contributed by atoms with Crippen LogP contribution in [0.3, 0.4) is 0 Å². The zero-order valence-electron chi connectivity index (χ0n) is 10.9. The minimum absolute atomic E-state index is 0.938. The van der Waals surface area contributed by atoms with E-state index < -0.39 is 0 Å². The Hall–Kier alpha value is -1.54. The van der Waals surface area contributed by atoms with Crippen molar-refractivity contribution in [1.29, 1.82) is 0 Å². The molecule has 0 saturated heterocycles. The average Bonchev–Trinajstić information content (AvgIpc) is 2.35. The topological polar surface area (TPSA) is 12.4 Å². The molecule has 0 amide bonds. The van der Waals surface area contributed by atoms with Crippen molar-refractivity contribution in [2.24, 2.45) is 4.99 Å². The van der Waals surface area contributed by atoms with Gasteiger partial charge in [-0.15, -0.1) is 12.6 Å². The van der Waals surface area contributed by atoms with Crippen molar-refractivity contribution in [1.82, 2.24) is 0 Å². The Balaban J connectivity index is 2.74. The second-order valence-corrected chi connectivity index (χ2v) is 5.19. The molecule has 0 N–H and O–H groups in total. The molecule has 0 aliphatic rings. The molecule has 2 aromatic rings. The van der Waals surface area contributed by atoms with E-state index in [1.165, 1.54) is 10.8 Å². The fourth-order valence-electron chi connectivity index (χ4n) is 1.99. The maximum Gasteiger partial charge on any atom is 0.0796 e. The first kappa shape index (κ1) is 12.9. The molecular formula is C16H17NS. The van der Waals surface area contributed by atoms with Crippen LogP contribution in [-0.2, 0) is 0 Å². The van der Waals surface area contributed by atoms with Crippen LogP contribution in [0.1, 0.15) is 26.3 Å². The van der Waals surface area contributed by atoms with Crippen LogP contribution in [0.15, 0.2) is 52.4 Å². The molecule has 0 spiro atoms. The number of allylic oxidation sites excluding steroid dienone is 1. The molecule has 0 aliphatic carbocycles. The van der Waals surface area contributed by atoms with Crippen molar-refractivity contribution < 1.29 is 0 Å². The molecule has 0 radical (unpaired) electrons. The monoisotopic (exact) mass is 255 g/mol. The number of fused-ring (bicyclic) bond motifs is 1. The van der Waals surface area contributed by atoms with Gasteiger partial charge in [0, 0.05) is 16.2 Å². The van der Waals surface area contributed by atoms with Gasteiger partial charge in [-0.2, -0.15) is 0 Å². The summed E-state index contributed by atoms with van der Waals surface area (Å²) in [6.45, 7) is 5.98. The van der Waals surface area contributed by atoms with Gasteiger partial charge >= 0.3 is 0 Å². The van der Waals surface area contributed by atoms with Crippen LogP contribution < -0.4 is 0 Å². The fraction of sp³-hybridized carbons (Fsp3) is 0.188. The number of hydrogen-bond donors (Lipinski definition) is 1. The third-order valence-electron chi connectivity index (χ3n) is 2.72. The van der Waals surface area contributed by atoms with E-state index in [0.717, 1.165) is 21.9 Å². The zero-order valence-corrected chi connectivity index (χ0v) is 11.8. The van der Waals surface area contributed by atoms with Gasteiger partial charge in [0.25, 0.3) is 0 Å². The zero-order chi connectivity index (χ0) is 13.1. The van der Waals surface area contributed by atoms with E-state index >= 15 is 0 Å². The van der Waals surface area contributed by atoms with Crippen LogP contribution in [0.25, 0.3) is 16.5 Å². The molecule has 92 valence electrons. The smallest absolute Gasteiger partial charge is 0.0796 e. The van der Waals surface area contributed by atoms with Crippen molar-refractivity contribution in [2.75, 3.05) is 0 Å². The lowest BCUT2D eigenvalue weighted by molar-refractivity contribution is 1.46. The van der Waals surface area contributed by atoms with Gasteiger partial charge in [0.05, 0.1) is 5.70 Å². The summed E-state index contributed by atoms with van der Waals surface area (Å²) in [5, 5.41) is 2.44. The van der Waals surface area contributed by atoms with Crippen LogP contribution in [0.2, 0.25) is 0 Å². The van der Waals surface area contributed by atoms with E-state index in [-0.39, 0.29) is 0 Å². The van der Waals surface area contributed by atoms with Gasteiger partial charge in [0.1, 0.15) is 0 Å². The Morgan fingerprint density at radius 1 is 0.944 bits per heavy atom. The largest absolute Gasteiger partial charge is 0.257 e. The van der Waals surface area contributed by atoms with Crippen LogP contribution in [0.4, 0.5) is 0 Å². The van der Waals surface area contributed by atoms with Gasteiger partial charge in [-0.05, 0) is 31.5 Å². The highest BCUT2D eigenvalue weighted by Gasteiger charge is 2.07. The molecule has 1 nitrogen and oxygen atoms in total. The highest BCUT2D eigenvalue weighted by Crippen LogP contribution is 2.29. The minimum Gasteiger partial charge on any atom is -0.257 e. The summed E-state index contributed by atoms with van der Waals surface area (Å²) in [5.74, 6) is 0. The standard InChI is InChI=1S/C16H17NS/c1-11(2)17-16(12(3)18)15-10-6-8-13-7-4-5-9-14(13)15/h4-10,18H,1-3H3/b16-12-. The normalized spacial score (nSPS) is 12.2. The molecule has 0 unspecified atom stereocenters. The lowest BCUT2D eigenvalue weighted by atomic mass is 10.0. The van der Waals surface area contributed by atoms with Crippen molar-refractivity contribution >= 4 is 34.8 Å². The van der Waals surface area contributed by atoms with Crippen LogP contribution in [-0.4, -0.2) is 5.71 Å². The lowest BCUT2D eigenvalue weighted by Gasteiger charge is -2.09. The fourth-order valence-corrected chi connectivity index (χ4v) is 2.16. The molecule has 0 bridgehead atoms. The number of aliphatic imine (C=N–C) groups is 1.